The highest BCUT2D eigenvalue weighted by atomic mass is 32.1. The summed E-state index contributed by atoms with van der Waals surface area (Å²) in [7, 11) is 0. The Balaban J connectivity index is 2.16. The van der Waals surface area contributed by atoms with Crippen molar-refractivity contribution >= 4 is 16.5 Å². The highest BCUT2D eigenvalue weighted by molar-refractivity contribution is 7.15. The molecular weight excluding hydrogens is 240 g/mol. The van der Waals surface area contributed by atoms with Gasteiger partial charge in [0.15, 0.2) is 0 Å². The Labute approximate surface area is 102 Å². The molecule has 17 heavy (non-hydrogen) atoms. The van der Waals surface area contributed by atoms with Crippen LogP contribution >= 0.6 is 11.3 Å². The second-order valence-electron chi connectivity index (χ2n) is 3.55. The zero-order valence-electron chi connectivity index (χ0n) is 9.46. The van der Waals surface area contributed by atoms with Gasteiger partial charge in [0, 0.05) is 18.9 Å². The smallest absolute Gasteiger partial charge is 0.299 e. The number of aryl methyl sites for hydroxylation is 1. The molecule has 3 N–H and O–H groups in total. The molecule has 0 atom stereocenters. The molecule has 0 unspecified atom stereocenters. The summed E-state index contributed by atoms with van der Waals surface area (Å²) in [4.78, 5) is 11.9. The van der Waals surface area contributed by atoms with Gasteiger partial charge in [-0.25, -0.2) is 10.6 Å². The molecule has 0 aliphatic rings. The second-order valence-corrected chi connectivity index (χ2v) is 4.61. The number of nitrogens with two attached hydrogens (primary N) is 1. The molecule has 92 valence electrons. The van der Waals surface area contributed by atoms with Crippen LogP contribution in [-0.4, -0.2) is 19.3 Å². The van der Waals surface area contributed by atoms with E-state index in [9.17, 15) is 4.79 Å². The summed E-state index contributed by atoms with van der Waals surface area (Å²) in [6, 6.07) is 0. The lowest BCUT2D eigenvalue weighted by Gasteiger charge is -1.97. The number of aromatic nitrogens is 4. The van der Waals surface area contributed by atoms with Crippen LogP contribution in [0.5, 0.6) is 0 Å². The van der Waals surface area contributed by atoms with Crippen molar-refractivity contribution in [2.45, 2.75) is 26.4 Å². The Morgan fingerprint density at radius 3 is 2.82 bits per heavy atom. The van der Waals surface area contributed by atoms with E-state index >= 15 is 0 Å². The summed E-state index contributed by atoms with van der Waals surface area (Å²) in [6.07, 6.45) is 4.48. The van der Waals surface area contributed by atoms with Crippen LogP contribution in [0.15, 0.2) is 17.2 Å². The average Bonchev–Trinajstić information content (AvgIpc) is 2.91. The van der Waals surface area contributed by atoms with E-state index < -0.39 is 0 Å². The first-order chi connectivity index (χ1) is 8.24. The summed E-state index contributed by atoms with van der Waals surface area (Å²) in [6.45, 7) is 3.19. The molecule has 7 nitrogen and oxygen atoms in total. The van der Waals surface area contributed by atoms with Crippen molar-refractivity contribution in [2.75, 3.05) is 5.43 Å². The number of hydrogen-bond acceptors (Lipinski definition) is 6. The molecule has 0 fully saturated rings. The second kappa shape index (κ2) is 5.11. The maximum atomic E-state index is 11.9. The van der Waals surface area contributed by atoms with Gasteiger partial charge in [0.1, 0.15) is 5.01 Å². The molecule has 0 amide bonds. The SMILES string of the molecule is CCCn1ccn(Cc2nnc(NN)s2)c1=O. The van der Waals surface area contributed by atoms with Gasteiger partial charge < -0.3 is 0 Å². The lowest BCUT2D eigenvalue weighted by Crippen LogP contribution is -2.24. The molecule has 2 heterocycles. The Hall–Kier alpha value is -1.67. The maximum absolute atomic E-state index is 11.9. The van der Waals surface area contributed by atoms with Gasteiger partial charge in [-0.1, -0.05) is 18.3 Å². The minimum Gasteiger partial charge on any atom is -0.299 e. The first-order valence-electron chi connectivity index (χ1n) is 5.29. The van der Waals surface area contributed by atoms with Gasteiger partial charge in [0.05, 0.1) is 6.54 Å². The van der Waals surface area contributed by atoms with Crippen LogP contribution in [0, 0.1) is 0 Å². The molecule has 2 aromatic rings. The molecule has 8 heteroatoms. The summed E-state index contributed by atoms with van der Waals surface area (Å²) in [5.41, 5.74) is 2.40. The fourth-order valence-corrected chi connectivity index (χ4v) is 2.16. The van der Waals surface area contributed by atoms with Crippen LogP contribution in [0.1, 0.15) is 18.4 Å². The third-order valence-electron chi connectivity index (χ3n) is 2.28. The Bertz CT molecular complexity index is 542. The number of anilines is 1. The number of rotatable bonds is 5. The predicted octanol–water partition coefficient (Wildman–Crippen LogP) is 0.245. The van der Waals surface area contributed by atoms with E-state index in [1.165, 1.54) is 11.3 Å². The number of hydrogen-bond donors (Lipinski definition) is 2. The minimum atomic E-state index is -0.0238. The van der Waals surface area contributed by atoms with Crippen molar-refractivity contribution in [1.29, 1.82) is 0 Å². The lowest BCUT2D eigenvalue weighted by atomic mass is 10.5. The van der Waals surface area contributed by atoms with Crippen molar-refractivity contribution in [1.82, 2.24) is 19.3 Å². The topological polar surface area (TPSA) is 90.8 Å². The van der Waals surface area contributed by atoms with Crippen molar-refractivity contribution in [2.24, 2.45) is 5.84 Å². The van der Waals surface area contributed by atoms with Gasteiger partial charge >= 0.3 is 5.69 Å². The van der Waals surface area contributed by atoms with Crippen LogP contribution < -0.4 is 17.0 Å². The Morgan fingerprint density at radius 1 is 1.41 bits per heavy atom. The van der Waals surface area contributed by atoms with Crippen LogP contribution in [0.4, 0.5) is 5.13 Å². The van der Waals surface area contributed by atoms with Gasteiger partial charge in [0.2, 0.25) is 5.13 Å². The first-order valence-corrected chi connectivity index (χ1v) is 6.10. The normalized spacial score (nSPS) is 10.7. The number of nitrogens with zero attached hydrogens (tertiary/aromatic N) is 4. The van der Waals surface area contributed by atoms with Crippen molar-refractivity contribution in [3.63, 3.8) is 0 Å². The Morgan fingerprint density at radius 2 is 2.18 bits per heavy atom. The lowest BCUT2D eigenvalue weighted by molar-refractivity contribution is 0.622. The highest BCUT2D eigenvalue weighted by Gasteiger charge is 2.07. The Kier molecular flexibility index (Phi) is 3.55. The standard InChI is InChI=1S/C9H14N6OS/c1-2-3-14-4-5-15(9(14)16)6-7-12-13-8(11-10)17-7/h4-5H,2-3,6,10H2,1H3,(H,11,13). The molecule has 0 bridgehead atoms. The molecule has 0 aromatic carbocycles. The van der Waals surface area contributed by atoms with Crippen LogP contribution in [0.2, 0.25) is 0 Å². The molecule has 0 radical (unpaired) electrons. The highest BCUT2D eigenvalue weighted by Crippen LogP contribution is 2.13. The van der Waals surface area contributed by atoms with Crippen LogP contribution in [-0.2, 0) is 13.1 Å². The number of hydrazine groups is 1. The average molecular weight is 254 g/mol. The molecule has 2 rings (SSSR count). The third kappa shape index (κ3) is 2.53. The summed E-state index contributed by atoms with van der Waals surface area (Å²) in [5.74, 6) is 5.22. The summed E-state index contributed by atoms with van der Waals surface area (Å²) >= 11 is 1.33. The largest absolute Gasteiger partial charge is 0.328 e. The van der Waals surface area contributed by atoms with Crippen molar-refractivity contribution in [3.05, 3.63) is 27.9 Å². The van der Waals surface area contributed by atoms with Gasteiger partial charge in [-0.2, -0.15) is 0 Å². The zero-order chi connectivity index (χ0) is 12.3. The van der Waals surface area contributed by atoms with Crippen molar-refractivity contribution in [3.8, 4) is 0 Å². The minimum absolute atomic E-state index is 0.0238. The van der Waals surface area contributed by atoms with E-state index in [1.807, 2.05) is 6.92 Å². The van der Waals surface area contributed by atoms with E-state index in [-0.39, 0.29) is 5.69 Å². The van der Waals surface area contributed by atoms with E-state index in [1.54, 1.807) is 21.5 Å². The molecule has 0 aliphatic carbocycles. The summed E-state index contributed by atoms with van der Waals surface area (Å²) < 4.78 is 3.29. The van der Waals surface area contributed by atoms with Gasteiger partial charge in [-0.15, -0.1) is 10.2 Å². The first kappa shape index (κ1) is 11.8. The fourth-order valence-electron chi connectivity index (χ4n) is 1.51. The van der Waals surface area contributed by atoms with Crippen LogP contribution in [0.3, 0.4) is 0 Å². The van der Waals surface area contributed by atoms with Gasteiger partial charge in [0.25, 0.3) is 0 Å². The molecule has 0 saturated heterocycles. The van der Waals surface area contributed by atoms with E-state index in [2.05, 4.69) is 15.6 Å². The molecular formula is C9H14N6OS. The quantitative estimate of drug-likeness (QED) is 0.589. The van der Waals surface area contributed by atoms with Crippen molar-refractivity contribution < 1.29 is 0 Å². The van der Waals surface area contributed by atoms with Crippen LogP contribution in [0.25, 0.3) is 0 Å². The van der Waals surface area contributed by atoms with E-state index in [0.29, 0.717) is 11.7 Å². The van der Waals surface area contributed by atoms with Gasteiger partial charge in [-0.05, 0) is 6.42 Å². The number of nitrogen functional groups attached to an aromatic ring is 1. The monoisotopic (exact) mass is 254 g/mol. The maximum Gasteiger partial charge on any atom is 0.328 e. The molecule has 0 aliphatic heterocycles. The molecule has 0 saturated carbocycles. The number of nitrogens with one attached hydrogen (secondary N) is 1. The predicted molar refractivity (Wildman–Crippen MR) is 65.8 cm³/mol. The zero-order valence-corrected chi connectivity index (χ0v) is 10.3. The van der Waals surface area contributed by atoms with Gasteiger partial charge in [-0.3, -0.25) is 14.6 Å². The van der Waals surface area contributed by atoms with E-state index in [0.717, 1.165) is 18.0 Å². The van der Waals surface area contributed by atoms with E-state index in [4.69, 9.17) is 5.84 Å². The molecule has 2 aromatic heterocycles. The number of imidazole rings is 1. The summed E-state index contributed by atoms with van der Waals surface area (Å²) in [5, 5.41) is 9.04. The fraction of sp³-hybridized carbons (Fsp3) is 0.444. The molecule has 0 spiro atoms. The third-order valence-corrected chi connectivity index (χ3v) is 3.12.